The molecule has 0 saturated heterocycles. The zero-order valence-electron chi connectivity index (χ0n) is 8.69. The van der Waals surface area contributed by atoms with E-state index in [-0.39, 0.29) is 12.8 Å². The lowest BCUT2D eigenvalue weighted by Crippen LogP contribution is -2.11. The Balaban J connectivity index is 3.43. The average Bonchev–Trinajstić information content (AvgIpc) is 2.27. The zero-order valence-corrected chi connectivity index (χ0v) is 8.69. The Bertz CT molecular complexity index is 460. The first kappa shape index (κ1) is 13.3. The predicted molar refractivity (Wildman–Crippen MR) is 48.9 cm³/mol. The summed E-state index contributed by atoms with van der Waals surface area (Å²) in [6.07, 6.45) is -1.95. The molecule has 0 aromatic heterocycles. The number of carboxylic acid groups (broad SMARTS) is 1. The number of rotatable bonds is 3. The lowest BCUT2D eigenvalue weighted by molar-refractivity contribution is 0.139. The Morgan fingerprint density at radius 2 is 1.71 bits per heavy atom. The molecule has 0 bridgehead atoms. The van der Waals surface area contributed by atoms with E-state index in [1.54, 1.807) is 6.92 Å². The molecule has 1 aromatic rings. The van der Waals surface area contributed by atoms with E-state index in [2.05, 4.69) is 4.74 Å². The van der Waals surface area contributed by atoms with Crippen LogP contribution in [-0.4, -0.2) is 11.3 Å². The molecule has 0 fully saturated rings. The van der Waals surface area contributed by atoms with Crippen LogP contribution in [0.25, 0.3) is 0 Å². The standard InChI is InChI=1S/C10H8F4O3/c1-2-3-4-5(11)7(13)8(14)9(6(4)12)17-10(15)16/h2-3H2,1H3,(H,15,16). The highest BCUT2D eigenvalue weighted by Gasteiger charge is 2.27. The molecule has 17 heavy (non-hydrogen) atoms. The fourth-order valence-corrected chi connectivity index (χ4v) is 1.30. The summed E-state index contributed by atoms with van der Waals surface area (Å²) in [5.41, 5.74) is -0.734. The summed E-state index contributed by atoms with van der Waals surface area (Å²) in [6.45, 7) is 1.57. The third kappa shape index (κ3) is 2.48. The molecule has 0 spiro atoms. The summed E-state index contributed by atoms with van der Waals surface area (Å²) < 4.78 is 56.5. The molecule has 1 aromatic carbocycles. The van der Waals surface area contributed by atoms with Gasteiger partial charge in [-0.05, 0) is 6.42 Å². The van der Waals surface area contributed by atoms with Gasteiger partial charge in [-0.25, -0.2) is 18.0 Å². The molecule has 0 amide bonds. The minimum Gasteiger partial charge on any atom is -0.449 e. The highest BCUT2D eigenvalue weighted by atomic mass is 19.2. The molecule has 0 atom stereocenters. The van der Waals surface area contributed by atoms with Gasteiger partial charge in [0.2, 0.25) is 11.6 Å². The summed E-state index contributed by atoms with van der Waals surface area (Å²) in [5, 5.41) is 8.23. The maximum atomic E-state index is 13.5. The van der Waals surface area contributed by atoms with Gasteiger partial charge in [0.1, 0.15) is 0 Å². The second-order valence-electron chi connectivity index (χ2n) is 3.18. The molecule has 1 rings (SSSR count). The van der Waals surface area contributed by atoms with Gasteiger partial charge in [0.15, 0.2) is 17.5 Å². The Hall–Kier alpha value is -1.79. The lowest BCUT2D eigenvalue weighted by Gasteiger charge is -2.10. The number of carbonyl (C=O) groups is 1. The van der Waals surface area contributed by atoms with Gasteiger partial charge in [-0.3, -0.25) is 0 Å². The molecule has 7 heteroatoms. The van der Waals surface area contributed by atoms with E-state index in [1.807, 2.05) is 0 Å². The van der Waals surface area contributed by atoms with Crippen LogP contribution in [0.3, 0.4) is 0 Å². The maximum Gasteiger partial charge on any atom is 0.511 e. The van der Waals surface area contributed by atoms with Gasteiger partial charge in [0, 0.05) is 5.56 Å². The normalized spacial score (nSPS) is 10.4. The minimum absolute atomic E-state index is 0.204. The SMILES string of the molecule is CCCc1c(F)c(F)c(F)c(OC(=O)O)c1F. The van der Waals surface area contributed by atoms with Crippen molar-refractivity contribution in [2.45, 2.75) is 19.8 Å². The Labute approximate surface area is 93.6 Å². The van der Waals surface area contributed by atoms with Crippen LogP contribution < -0.4 is 4.74 Å². The van der Waals surface area contributed by atoms with Gasteiger partial charge < -0.3 is 9.84 Å². The Morgan fingerprint density at radius 1 is 1.12 bits per heavy atom. The second-order valence-corrected chi connectivity index (χ2v) is 3.18. The highest BCUT2D eigenvalue weighted by Crippen LogP contribution is 2.30. The van der Waals surface area contributed by atoms with Crippen molar-refractivity contribution in [3.8, 4) is 5.75 Å². The van der Waals surface area contributed by atoms with E-state index >= 15 is 0 Å². The van der Waals surface area contributed by atoms with E-state index in [4.69, 9.17) is 5.11 Å². The van der Waals surface area contributed by atoms with Crippen LogP contribution in [0, 0.1) is 23.3 Å². The van der Waals surface area contributed by atoms with Crippen molar-refractivity contribution in [3.63, 3.8) is 0 Å². The van der Waals surface area contributed by atoms with Crippen molar-refractivity contribution < 1.29 is 32.2 Å². The van der Waals surface area contributed by atoms with E-state index in [0.717, 1.165) is 0 Å². The van der Waals surface area contributed by atoms with Crippen LogP contribution in [-0.2, 0) is 6.42 Å². The molecule has 0 aliphatic heterocycles. The monoisotopic (exact) mass is 252 g/mol. The quantitative estimate of drug-likeness (QED) is 0.295. The molecule has 0 saturated carbocycles. The van der Waals surface area contributed by atoms with Gasteiger partial charge in [-0.15, -0.1) is 0 Å². The molecular weight excluding hydrogens is 244 g/mol. The van der Waals surface area contributed by atoms with Crippen molar-refractivity contribution in [3.05, 3.63) is 28.8 Å². The van der Waals surface area contributed by atoms with E-state index in [1.165, 1.54) is 0 Å². The van der Waals surface area contributed by atoms with Gasteiger partial charge in [0.05, 0.1) is 0 Å². The number of benzene rings is 1. The largest absolute Gasteiger partial charge is 0.511 e. The topological polar surface area (TPSA) is 46.5 Å². The van der Waals surface area contributed by atoms with Crippen LogP contribution in [0.2, 0.25) is 0 Å². The number of halogens is 4. The van der Waals surface area contributed by atoms with Crippen LogP contribution in [0.15, 0.2) is 0 Å². The summed E-state index contributed by atoms with van der Waals surface area (Å²) >= 11 is 0. The van der Waals surface area contributed by atoms with Crippen molar-refractivity contribution in [2.75, 3.05) is 0 Å². The summed E-state index contributed by atoms with van der Waals surface area (Å²) in [7, 11) is 0. The molecule has 0 aliphatic carbocycles. The average molecular weight is 252 g/mol. The molecule has 0 aliphatic rings. The number of ether oxygens (including phenoxy) is 1. The van der Waals surface area contributed by atoms with Crippen molar-refractivity contribution in [1.29, 1.82) is 0 Å². The van der Waals surface area contributed by atoms with E-state index in [0.29, 0.717) is 0 Å². The first-order valence-electron chi connectivity index (χ1n) is 4.65. The fraction of sp³-hybridized carbons (Fsp3) is 0.300. The van der Waals surface area contributed by atoms with Gasteiger partial charge in [-0.1, -0.05) is 13.3 Å². The van der Waals surface area contributed by atoms with Gasteiger partial charge >= 0.3 is 6.16 Å². The third-order valence-electron chi connectivity index (χ3n) is 2.00. The molecule has 0 unspecified atom stereocenters. The zero-order chi connectivity index (χ0) is 13.2. The Kier molecular flexibility index (Phi) is 3.93. The fourth-order valence-electron chi connectivity index (χ4n) is 1.30. The molecule has 94 valence electrons. The van der Waals surface area contributed by atoms with Crippen molar-refractivity contribution in [1.82, 2.24) is 0 Å². The molecule has 3 nitrogen and oxygen atoms in total. The molecular formula is C10H8F4O3. The van der Waals surface area contributed by atoms with Gasteiger partial charge in [-0.2, -0.15) is 4.39 Å². The lowest BCUT2D eigenvalue weighted by atomic mass is 10.1. The molecule has 1 N–H and O–H groups in total. The van der Waals surface area contributed by atoms with Crippen LogP contribution >= 0.6 is 0 Å². The number of hydrogen-bond acceptors (Lipinski definition) is 2. The smallest absolute Gasteiger partial charge is 0.449 e. The van der Waals surface area contributed by atoms with Crippen LogP contribution in [0.5, 0.6) is 5.75 Å². The van der Waals surface area contributed by atoms with Crippen LogP contribution in [0.1, 0.15) is 18.9 Å². The Morgan fingerprint density at radius 3 is 2.18 bits per heavy atom. The third-order valence-corrected chi connectivity index (χ3v) is 2.00. The molecule has 0 heterocycles. The summed E-state index contributed by atoms with van der Waals surface area (Å²) in [5.74, 6) is -8.60. The van der Waals surface area contributed by atoms with Crippen molar-refractivity contribution >= 4 is 6.16 Å². The number of hydrogen-bond donors (Lipinski definition) is 1. The molecule has 0 radical (unpaired) electrons. The van der Waals surface area contributed by atoms with E-state index in [9.17, 15) is 22.4 Å². The minimum atomic E-state index is -2.02. The predicted octanol–water partition coefficient (Wildman–Crippen LogP) is 3.25. The van der Waals surface area contributed by atoms with Crippen LogP contribution in [0.4, 0.5) is 22.4 Å². The first-order valence-corrected chi connectivity index (χ1v) is 4.65. The second kappa shape index (κ2) is 5.03. The van der Waals surface area contributed by atoms with E-state index < -0.39 is 40.7 Å². The van der Waals surface area contributed by atoms with Gasteiger partial charge in [0.25, 0.3) is 0 Å². The summed E-state index contributed by atoms with van der Waals surface area (Å²) in [6, 6.07) is 0. The maximum absolute atomic E-state index is 13.5. The van der Waals surface area contributed by atoms with Crippen molar-refractivity contribution in [2.24, 2.45) is 0 Å². The first-order chi connectivity index (χ1) is 7.90. The summed E-state index contributed by atoms with van der Waals surface area (Å²) in [4.78, 5) is 10.2. The highest BCUT2D eigenvalue weighted by molar-refractivity contribution is 5.61.